The molecule has 0 bridgehead atoms. The van der Waals surface area contributed by atoms with Gasteiger partial charge in [0.1, 0.15) is 11.2 Å². The van der Waals surface area contributed by atoms with Gasteiger partial charge in [-0.15, -0.1) is 0 Å². The predicted molar refractivity (Wildman–Crippen MR) is 267 cm³/mol. The topological polar surface area (TPSA) is 55.1 Å². The van der Waals surface area contributed by atoms with Crippen molar-refractivity contribution in [2.75, 3.05) is 4.90 Å². The van der Waals surface area contributed by atoms with Crippen LogP contribution >= 0.6 is 0 Å². The van der Waals surface area contributed by atoms with E-state index in [1.54, 1.807) is 0 Å². The fourth-order valence-electron chi connectivity index (χ4n) is 9.58. The lowest BCUT2D eigenvalue weighted by atomic mass is 9.72. The molecule has 0 radical (unpaired) electrons. The highest BCUT2D eigenvalue weighted by Gasteiger charge is 2.37. The van der Waals surface area contributed by atoms with Gasteiger partial charge >= 0.3 is 0 Å². The first-order valence-electron chi connectivity index (χ1n) is 22.1. The van der Waals surface area contributed by atoms with Crippen molar-refractivity contribution in [1.82, 2.24) is 15.0 Å². The molecule has 65 heavy (non-hydrogen) atoms. The molecule has 0 spiro atoms. The van der Waals surface area contributed by atoms with Crippen molar-refractivity contribution in [3.05, 3.63) is 230 Å². The Balaban J connectivity index is 0.971. The third-order valence-corrected chi connectivity index (χ3v) is 12.9. The van der Waals surface area contributed by atoms with E-state index in [0.717, 1.165) is 55.4 Å². The van der Waals surface area contributed by atoms with Gasteiger partial charge in [0.05, 0.1) is 16.9 Å². The van der Waals surface area contributed by atoms with Crippen LogP contribution in [-0.4, -0.2) is 15.0 Å². The lowest BCUT2D eigenvalue weighted by Crippen LogP contribution is -2.30. The SMILES string of the molecule is CC1(C)c2cc(-c3ccccc3)ccc2N(c2ccc(-c3cccc4c3oc3c(-c5nc(-c6ccccc6)nc(-c6ccccc6)n5)cccc34)cc2)c2ccc(-c3ccccc3)cc21. The summed E-state index contributed by atoms with van der Waals surface area (Å²) in [4.78, 5) is 17.5. The van der Waals surface area contributed by atoms with Gasteiger partial charge in [-0.3, -0.25) is 0 Å². The lowest BCUT2D eigenvalue weighted by molar-refractivity contribution is 0.632. The summed E-state index contributed by atoms with van der Waals surface area (Å²) in [7, 11) is 0. The Morgan fingerprint density at radius 1 is 0.354 bits per heavy atom. The highest BCUT2D eigenvalue weighted by molar-refractivity contribution is 6.12. The second-order valence-electron chi connectivity index (χ2n) is 17.2. The maximum absolute atomic E-state index is 6.96. The van der Waals surface area contributed by atoms with E-state index in [4.69, 9.17) is 19.4 Å². The number of rotatable bonds is 7. The molecule has 0 amide bonds. The first kappa shape index (κ1) is 38.3. The van der Waals surface area contributed by atoms with E-state index in [1.165, 1.54) is 44.8 Å². The average molecular weight is 835 g/mol. The predicted octanol–water partition coefficient (Wildman–Crippen LogP) is 15.9. The van der Waals surface area contributed by atoms with Crippen LogP contribution in [0, 0.1) is 0 Å². The van der Waals surface area contributed by atoms with Gasteiger partial charge in [0.25, 0.3) is 0 Å². The standard InChI is InChI=1S/C60H42N4O/c1-60(2)51-37-44(39-17-7-3-8-18-39)31-35-53(51)64(54-36-32-45(38-52(54)60)40-19-9-4-10-20-40)46-33-29-41(30-34-46)47-25-15-26-48-49-27-16-28-50(56(49)65-55(47)48)59-62-57(42-21-11-5-12-22-42)61-58(63-59)43-23-13-6-14-24-43/h3-38H,1-2H3. The molecule has 11 aromatic rings. The van der Waals surface area contributed by atoms with E-state index in [1.807, 2.05) is 66.7 Å². The highest BCUT2D eigenvalue weighted by atomic mass is 16.3. The molecule has 0 saturated heterocycles. The molecule has 2 aromatic heterocycles. The van der Waals surface area contributed by atoms with Gasteiger partial charge < -0.3 is 9.32 Å². The molecule has 0 N–H and O–H groups in total. The van der Waals surface area contributed by atoms with Gasteiger partial charge in [-0.05, 0) is 81.4 Å². The smallest absolute Gasteiger partial charge is 0.167 e. The number of furan rings is 1. The van der Waals surface area contributed by atoms with Crippen LogP contribution in [0.4, 0.5) is 17.1 Å². The number of benzene rings is 9. The normalized spacial score (nSPS) is 12.9. The second-order valence-corrected chi connectivity index (χ2v) is 17.2. The number of para-hydroxylation sites is 2. The molecule has 5 heteroatoms. The largest absolute Gasteiger partial charge is 0.455 e. The first-order valence-corrected chi connectivity index (χ1v) is 22.1. The van der Waals surface area contributed by atoms with Crippen molar-refractivity contribution < 1.29 is 4.42 Å². The number of anilines is 3. The van der Waals surface area contributed by atoms with Crippen LogP contribution in [0.3, 0.4) is 0 Å². The highest BCUT2D eigenvalue weighted by Crippen LogP contribution is 2.54. The summed E-state index contributed by atoms with van der Waals surface area (Å²) in [6.45, 7) is 4.72. The van der Waals surface area contributed by atoms with Gasteiger partial charge in [-0.2, -0.15) is 0 Å². The molecule has 0 unspecified atom stereocenters. The minimum atomic E-state index is -0.264. The number of nitrogens with zero attached hydrogens (tertiary/aromatic N) is 4. The van der Waals surface area contributed by atoms with E-state index in [9.17, 15) is 0 Å². The quantitative estimate of drug-likeness (QED) is 0.160. The van der Waals surface area contributed by atoms with Gasteiger partial charge in [-0.1, -0.05) is 190 Å². The summed E-state index contributed by atoms with van der Waals surface area (Å²) in [5.41, 5.74) is 16.9. The van der Waals surface area contributed by atoms with Gasteiger partial charge in [0.15, 0.2) is 17.5 Å². The van der Waals surface area contributed by atoms with E-state index in [2.05, 4.69) is 170 Å². The van der Waals surface area contributed by atoms with Crippen LogP contribution in [0.15, 0.2) is 223 Å². The lowest BCUT2D eigenvalue weighted by Gasteiger charge is -2.42. The van der Waals surface area contributed by atoms with Crippen LogP contribution in [0.2, 0.25) is 0 Å². The van der Waals surface area contributed by atoms with Crippen LogP contribution in [0.1, 0.15) is 25.0 Å². The summed E-state index contributed by atoms with van der Waals surface area (Å²) in [6, 6.07) is 76.9. The summed E-state index contributed by atoms with van der Waals surface area (Å²) in [5.74, 6) is 1.78. The molecule has 308 valence electrons. The van der Waals surface area contributed by atoms with E-state index in [0.29, 0.717) is 17.5 Å². The number of hydrogen-bond donors (Lipinski definition) is 0. The Hall–Kier alpha value is -8.41. The monoisotopic (exact) mass is 834 g/mol. The zero-order valence-corrected chi connectivity index (χ0v) is 36.0. The second kappa shape index (κ2) is 15.4. The van der Waals surface area contributed by atoms with E-state index >= 15 is 0 Å². The zero-order valence-electron chi connectivity index (χ0n) is 36.0. The van der Waals surface area contributed by atoms with Crippen molar-refractivity contribution in [1.29, 1.82) is 0 Å². The molecule has 12 rings (SSSR count). The first-order chi connectivity index (χ1) is 32.0. The van der Waals surface area contributed by atoms with Crippen molar-refractivity contribution in [2.24, 2.45) is 0 Å². The minimum absolute atomic E-state index is 0.264. The molecule has 0 atom stereocenters. The maximum Gasteiger partial charge on any atom is 0.167 e. The average Bonchev–Trinajstić information content (AvgIpc) is 3.77. The molecule has 0 aliphatic carbocycles. The molecular formula is C60H42N4O. The fraction of sp³-hybridized carbons (Fsp3) is 0.0500. The van der Waals surface area contributed by atoms with Gasteiger partial charge in [-0.25, -0.2) is 15.0 Å². The molecule has 1 aliphatic rings. The molecule has 3 heterocycles. The van der Waals surface area contributed by atoms with Crippen LogP contribution in [0.5, 0.6) is 0 Å². The molecule has 5 nitrogen and oxygen atoms in total. The molecular weight excluding hydrogens is 793 g/mol. The van der Waals surface area contributed by atoms with Gasteiger partial charge in [0, 0.05) is 38.6 Å². The molecule has 1 aliphatic heterocycles. The summed E-state index contributed by atoms with van der Waals surface area (Å²) < 4.78 is 6.96. The third-order valence-electron chi connectivity index (χ3n) is 12.9. The fourth-order valence-corrected chi connectivity index (χ4v) is 9.58. The van der Waals surface area contributed by atoms with E-state index < -0.39 is 0 Å². The van der Waals surface area contributed by atoms with Crippen LogP contribution < -0.4 is 4.90 Å². The maximum atomic E-state index is 6.96. The number of fused-ring (bicyclic) bond motifs is 5. The summed E-state index contributed by atoms with van der Waals surface area (Å²) >= 11 is 0. The van der Waals surface area contributed by atoms with Crippen molar-refractivity contribution in [2.45, 2.75) is 19.3 Å². The van der Waals surface area contributed by atoms with Crippen molar-refractivity contribution >= 4 is 39.0 Å². The van der Waals surface area contributed by atoms with Gasteiger partial charge in [0.2, 0.25) is 0 Å². The van der Waals surface area contributed by atoms with Crippen LogP contribution in [0.25, 0.3) is 89.5 Å². The summed E-state index contributed by atoms with van der Waals surface area (Å²) in [5, 5.41) is 2.04. The Labute approximate surface area is 378 Å². The van der Waals surface area contributed by atoms with Crippen LogP contribution in [-0.2, 0) is 5.41 Å². The van der Waals surface area contributed by atoms with Crippen molar-refractivity contribution in [3.8, 4) is 67.5 Å². The zero-order chi connectivity index (χ0) is 43.5. The van der Waals surface area contributed by atoms with Crippen molar-refractivity contribution in [3.63, 3.8) is 0 Å². The number of aromatic nitrogens is 3. The minimum Gasteiger partial charge on any atom is -0.455 e. The molecule has 0 fully saturated rings. The summed E-state index contributed by atoms with van der Waals surface area (Å²) in [6.07, 6.45) is 0. The Morgan fingerprint density at radius 2 is 0.769 bits per heavy atom. The Morgan fingerprint density at radius 3 is 1.26 bits per heavy atom. The third kappa shape index (κ3) is 6.59. The van der Waals surface area contributed by atoms with E-state index in [-0.39, 0.29) is 5.41 Å². The molecule has 0 saturated carbocycles. The Kier molecular flexibility index (Phi) is 9.09. The number of hydrogen-bond acceptors (Lipinski definition) is 5. The Bertz CT molecular complexity index is 3400. The molecule has 9 aromatic carbocycles.